The lowest BCUT2D eigenvalue weighted by Gasteiger charge is -2.34. The van der Waals surface area contributed by atoms with E-state index in [0.29, 0.717) is 6.61 Å². The van der Waals surface area contributed by atoms with Gasteiger partial charge < -0.3 is 29.0 Å². The second-order valence-corrected chi connectivity index (χ2v) is 23.6. The molecule has 1 aromatic heterocycles. The van der Waals surface area contributed by atoms with Crippen molar-refractivity contribution in [2.24, 2.45) is 10.8 Å². The summed E-state index contributed by atoms with van der Waals surface area (Å²) >= 11 is 0. The number of aromatic nitrogens is 1. The van der Waals surface area contributed by atoms with Gasteiger partial charge in [0.1, 0.15) is 24.7 Å². The highest BCUT2D eigenvalue weighted by Gasteiger charge is 2.52. The van der Waals surface area contributed by atoms with Crippen LogP contribution in [0.1, 0.15) is 180 Å². The van der Waals surface area contributed by atoms with Gasteiger partial charge in [0.05, 0.1) is 23.4 Å². The van der Waals surface area contributed by atoms with Crippen LogP contribution in [-0.2, 0) is 36.1 Å². The molecule has 0 aliphatic carbocycles. The predicted octanol–water partition coefficient (Wildman–Crippen LogP) is 13.7. The quantitative estimate of drug-likeness (QED) is 0.0876. The van der Waals surface area contributed by atoms with Crippen LogP contribution >= 0.6 is 0 Å². The Morgan fingerprint density at radius 3 is 1.30 bits per heavy atom. The van der Waals surface area contributed by atoms with Crippen LogP contribution in [0.25, 0.3) is 11.1 Å². The van der Waals surface area contributed by atoms with Crippen molar-refractivity contribution < 1.29 is 38.6 Å². The van der Waals surface area contributed by atoms with Crippen LogP contribution in [0.4, 0.5) is 0 Å². The standard InChI is InChI=1S/C32H43NO2.C31H47BO4.CO2/c1-9-24-18-25(20-33-19-24)28-14-12-26(16-22(28)4)32(10-2,11-3)27-13-15-29(23(5)17-27)35-21-30(34)31(6,7)8;1-12-31(13-2,24-15-17-26(22(4)19-24)34-20-27(33)28(5,6)7)23-14-16-25(21(3)18-23)32-35-29(8,9)30(10,11)36-32;2-1-3/h12-20,30,34H,9-11,21H2,1-8H3;14-19,27,33H,12-13,20H2,1-11H3;. The summed E-state index contributed by atoms with van der Waals surface area (Å²) in [6.45, 7) is 40.9. The number of nitrogens with zero attached hydrogens (tertiary/aromatic N) is 1. The molecule has 2 heterocycles. The third kappa shape index (κ3) is 14.0. The zero-order valence-electron chi connectivity index (χ0n) is 48.6. The maximum atomic E-state index is 10.4. The number of aryl methyl sites for hydroxylation is 5. The Morgan fingerprint density at radius 1 is 0.568 bits per heavy atom. The van der Waals surface area contributed by atoms with E-state index >= 15 is 0 Å². The summed E-state index contributed by atoms with van der Waals surface area (Å²) < 4.78 is 24.7. The molecule has 1 saturated heterocycles. The van der Waals surface area contributed by atoms with Crippen LogP contribution in [0.5, 0.6) is 11.5 Å². The van der Waals surface area contributed by atoms with Crippen LogP contribution in [0.2, 0.25) is 0 Å². The zero-order chi connectivity index (χ0) is 55.6. The van der Waals surface area contributed by atoms with Gasteiger partial charge in [-0.1, -0.05) is 142 Å². The molecule has 2 N–H and O–H groups in total. The molecule has 0 amide bonds. The van der Waals surface area contributed by atoms with Gasteiger partial charge in [0, 0.05) is 28.8 Å². The summed E-state index contributed by atoms with van der Waals surface area (Å²) in [5.74, 6) is 1.67. The Labute approximate surface area is 446 Å². The molecule has 1 aliphatic heterocycles. The topological polar surface area (TPSA) is 124 Å². The predicted molar refractivity (Wildman–Crippen MR) is 303 cm³/mol. The highest BCUT2D eigenvalue weighted by atomic mass is 16.7. The van der Waals surface area contributed by atoms with E-state index in [2.05, 4.69) is 174 Å². The van der Waals surface area contributed by atoms with Crippen LogP contribution in [0, 0.1) is 38.5 Å². The van der Waals surface area contributed by atoms with Crippen molar-refractivity contribution in [3.8, 4) is 22.6 Å². The SMILES string of the molecule is CCC(CC)(c1ccc(OCC(O)C(C)(C)C)c(C)c1)c1ccc(B2OC(C)(C)C(C)(C)O2)c(C)c1.CCc1cncc(-c2ccc(C(CC)(CC)c3ccc(OCC(O)C(C)(C)C)c(C)c3)cc2C)c1.O=C=O. The number of pyridine rings is 1. The van der Waals surface area contributed by atoms with Crippen molar-refractivity contribution in [1.82, 2.24) is 4.98 Å². The molecule has 402 valence electrons. The molecule has 6 rings (SSSR count). The van der Waals surface area contributed by atoms with Crippen molar-refractivity contribution in [3.05, 3.63) is 141 Å². The molecular formula is C64H90BNO8. The van der Waals surface area contributed by atoms with Crippen molar-refractivity contribution in [2.45, 2.75) is 198 Å². The number of hydrogen-bond acceptors (Lipinski definition) is 9. The highest BCUT2D eigenvalue weighted by Crippen LogP contribution is 2.44. The maximum Gasteiger partial charge on any atom is 0.495 e. The van der Waals surface area contributed by atoms with E-state index in [0.717, 1.165) is 60.2 Å². The minimum atomic E-state index is -0.521. The first-order valence-electron chi connectivity index (χ1n) is 26.9. The van der Waals surface area contributed by atoms with Crippen molar-refractivity contribution >= 4 is 18.7 Å². The van der Waals surface area contributed by atoms with Crippen molar-refractivity contribution in [2.75, 3.05) is 13.2 Å². The molecule has 0 spiro atoms. The van der Waals surface area contributed by atoms with Crippen molar-refractivity contribution in [1.29, 1.82) is 0 Å². The summed E-state index contributed by atoms with van der Waals surface area (Å²) in [4.78, 5) is 20.7. The average molecular weight is 1010 g/mol. The highest BCUT2D eigenvalue weighted by molar-refractivity contribution is 6.62. The molecule has 0 radical (unpaired) electrons. The smallest absolute Gasteiger partial charge is 0.491 e. The van der Waals surface area contributed by atoms with Crippen LogP contribution < -0.4 is 14.9 Å². The molecule has 74 heavy (non-hydrogen) atoms. The molecular weight excluding hydrogens is 922 g/mol. The number of carbonyl (C=O) groups excluding carboxylic acids is 2. The third-order valence-corrected chi connectivity index (χ3v) is 16.3. The molecule has 2 unspecified atom stereocenters. The lowest BCUT2D eigenvalue weighted by molar-refractivity contribution is -0.191. The molecule has 0 saturated carbocycles. The van der Waals surface area contributed by atoms with Crippen molar-refractivity contribution in [3.63, 3.8) is 0 Å². The second kappa shape index (κ2) is 25.2. The number of hydrogen-bond donors (Lipinski definition) is 2. The summed E-state index contributed by atoms with van der Waals surface area (Å²) in [6.07, 6.45) is 8.12. The van der Waals surface area contributed by atoms with Crippen LogP contribution in [0.3, 0.4) is 0 Å². The number of aliphatic hydroxyl groups is 2. The molecule has 1 fully saturated rings. The first-order chi connectivity index (χ1) is 34.5. The van der Waals surface area contributed by atoms with Gasteiger partial charge >= 0.3 is 13.3 Å². The van der Waals surface area contributed by atoms with E-state index < -0.39 is 12.2 Å². The van der Waals surface area contributed by atoms with E-state index in [-0.39, 0.29) is 52.7 Å². The Hall–Kier alpha value is -5.09. The maximum absolute atomic E-state index is 10.4. The van der Waals surface area contributed by atoms with Gasteiger partial charge in [0.2, 0.25) is 0 Å². The molecule has 10 heteroatoms. The van der Waals surface area contributed by atoms with Gasteiger partial charge in [-0.25, -0.2) is 0 Å². The molecule has 5 aromatic rings. The monoisotopic (exact) mass is 1010 g/mol. The van der Waals surface area contributed by atoms with Gasteiger partial charge in [0.25, 0.3) is 0 Å². The Balaban J connectivity index is 0.000000304. The minimum Gasteiger partial charge on any atom is -0.491 e. The lowest BCUT2D eigenvalue weighted by Crippen LogP contribution is -2.41. The third-order valence-electron chi connectivity index (χ3n) is 16.3. The normalized spacial score (nSPS) is 15.2. The Morgan fingerprint density at radius 2 is 0.946 bits per heavy atom. The molecule has 0 bridgehead atoms. The summed E-state index contributed by atoms with van der Waals surface area (Å²) in [5, 5.41) is 20.8. The van der Waals surface area contributed by atoms with Gasteiger partial charge in [-0.05, 0) is 172 Å². The zero-order valence-corrected chi connectivity index (χ0v) is 48.6. The Bertz CT molecular complexity index is 2650. The Kier molecular flexibility index (Phi) is 20.9. The van der Waals surface area contributed by atoms with E-state index in [1.165, 1.54) is 50.1 Å². The summed E-state index contributed by atoms with van der Waals surface area (Å²) in [5.41, 5.74) is 13.4. The summed E-state index contributed by atoms with van der Waals surface area (Å²) in [6, 6.07) is 29.0. The van der Waals surface area contributed by atoms with E-state index in [9.17, 15) is 10.2 Å². The lowest BCUT2D eigenvalue weighted by atomic mass is 9.68. The van der Waals surface area contributed by atoms with Gasteiger partial charge in [0.15, 0.2) is 0 Å². The molecule has 9 nitrogen and oxygen atoms in total. The number of aliphatic hydroxyl groups excluding tert-OH is 2. The van der Waals surface area contributed by atoms with Gasteiger partial charge in [-0.3, -0.25) is 4.98 Å². The van der Waals surface area contributed by atoms with Crippen LogP contribution in [-0.4, -0.2) is 65.1 Å². The van der Waals surface area contributed by atoms with Gasteiger partial charge in [-0.15, -0.1) is 0 Å². The minimum absolute atomic E-state index is 0.0684. The molecule has 4 aromatic carbocycles. The van der Waals surface area contributed by atoms with E-state index in [1.54, 1.807) is 0 Å². The number of ether oxygens (including phenoxy) is 2. The average Bonchev–Trinajstić information content (AvgIpc) is 3.56. The largest absolute Gasteiger partial charge is 0.495 e. The van der Waals surface area contributed by atoms with Gasteiger partial charge in [-0.2, -0.15) is 9.59 Å². The fourth-order valence-electron chi connectivity index (χ4n) is 9.84. The number of rotatable bonds is 17. The molecule has 1 aliphatic rings. The summed E-state index contributed by atoms with van der Waals surface area (Å²) in [7, 11) is -0.358. The number of benzene rings is 4. The van der Waals surface area contributed by atoms with E-state index in [1.807, 2.05) is 53.9 Å². The first-order valence-corrected chi connectivity index (χ1v) is 26.9. The van der Waals surface area contributed by atoms with Crippen LogP contribution in [0.15, 0.2) is 91.3 Å². The molecule has 2 atom stereocenters. The first kappa shape index (κ1) is 61.5. The second-order valence-electron chi connectivity index (χ2n) is 23.6. The fourth-order valence-corrected chi connectivity index (χ4v) is 9.84. The van der Waals surface area contributed by atoms with E-state index in [4.69, 9.17) is 28.4 Å². The fraction of sp³-hybridized carbons (Fsp3) is 0.531.